The number of anilines is 1. The molecule has 1 atom stereocenters. The third-order valence-electron chi connectivity index (χ3n) is 4.90. The quantitative estimate of drug-likeness (QED) is 0.581. The normalized spacial score (nSPS) is 16.2. The summed E-state index contributed by atoms with van der Waals surface area (Å²) < 4.78 is 4.52. The fourth-order valence-corrected chi connectivity index (χ4v) is 4.96. The van der Waals surface area contributed by atoms with E-state index in [1.807, 2.05) is 48.5 Å². The van der Waals surface area contributed by atoms with E-state index in [0.29, 0.717) is 0 Å². The lowest BCUT2D eigenvalue weighted by Gasteiger charge is -2.32. The van der Waals surface area contributed by atoms with E-state index in [0.717, 1.165) is 55.0 Å². The summed E-state index contributed by atoms with van der Waals surface area (Å²) in [5.74, 6) is 1.55. The van der Waals surface area contributed by atoms with Gasteiger partial charge >= 0.3 is 0 Å². The van der Waals surface area contributed by atoms with Gasteiger partial charge in [-0.15, -0.1) is 11.8 Å². The third kappa shape index (κ3) is 5.11. The van der Waals surface area contributed by atoms with Crippen molar-refractivity contribution in [3.63, 3.8) is 0 Å². The maximum Gasteiger partial charge on any atom is 0.205 e. The van der Waals surface area contributed by atoms with E-state index in [4.69, 9.17) is 4.98 Å². The topological polar surface area (TPSA) is 53.7 Å². The van der Waals surface area contributed by atoms with Gasteiger partial charge in [0.2, 0.25) is 5.13 Å². The van der Waals surface area contributed by atoms with Gasteiger partial charge in [0.1, 0.15) is 12.6 Å². The molecule has 2 N–H and O–H groups in total. The van der Waals surface area contributed by atoms with Crippen molar-refractivity contribution in [2.45, 2.75) is 11.0 Å². The molecule has 2 heterocycles. The van der Waals surface area contributed by atoms with Gasteiger partial charge in [0.05, 0.1) is 26.2 Å². The average molecular weight is 414 g/mol. The minimum Gasteiger partial charge on any atom is -0.386 e. The first-order chi connectivity index (χ1) is 13.8. The molecule has 1 aliphatic rings. The zero-order valence-electron chi connectivity index (χ0n) is 15.7. The molecule has 1 aromatic heterocycles. The Labute approximate surface area is 174 Å². The highest BCUT2D eigenvalue weighted by Gasteiger charge is 2.24. The van der Waals surface area contributed by atoms with E-state index < -0.39 is 0 Å². The third-order valence-corrected chi connectivity index (χ3v) is 6.83. The average Bonchev–Trinajstić information content (AvgIpc) is 3.25. The zero-order chi connectivity index (χ0) is 19.2. The van der Waals surface area contributed by atoms with Crippen molar-refractivity contribution in [3.8, 4) is 11.4 Å². The van der Waals surface area contributed by atoms with Gasteiger partial charge in [-0.05, 0) is 12.1 Å². The van der Waals surface area contributed by atoms with Gasteiger partial charge in [0.15, 0.2) is 5.82 Å². The molecule has 146 valence electrons. The molecular weight excluding hydrogens is 388 g/mol. The lowest BCUT2D eigenvalue weighted by Crippen LogP contribution is -3.16. The maximum absolute atomic E-state index is 10.4. The smallest absolute Gasteiger partial charge is 0.205 e. The van der Waals surface area contributed by atoms with E-state index in [-0.39, 0.29) is 6.10 Å². The molecule has 0 saturated carbocycles. The number of aliphatic hydroxyl groups is 1. The van der Waals surface area contributed by atoms with Crippen LogP contribution in [0, 0.1) is 0 Å². The number of hydrogen-bond donors (Lipinski definition) is 2. The van der Waals surface area contributed by atoms with Gasteiger partial charge in [-0.25, -0.2) is 0 Å². The molecule has 1 fully saturated rings. The number of rotatable bonds is 7. The summed E-state index contributed by atoms with van der Waals surface area (Å²) in [5.41, 5.74) is 1.06. The number of thioether (sulfide) groups is 1. The molecule has 4 rings (SSSR count). The van der Waals surface area contributed by atoms with Crippen molar-refractivity contribution in [2.75, 3.05) is 43.4 Å². The summed E-state index contributed by atoms with van der Waals surface area (Å²) in [7, 11) is 0. The van der Waals surface area contributed by atoms with Crippen LogP contribution in [0.5, 0.6) is 0 Å². The van der Waals surface area contributed by atoms with Gasteiger partial charge in [-0.2, -0.15) is 9.36 Å². The van der Waals surface area contributed by atoms with Gasteiger partial charge in [0, 0.05) is 27.7 Å². The summed E-state index contributed by atoms with van der Waals surface area (Å²) in [5, 5.41) is 11.4. The number of nitrogens with zero attached hydrogens (tertiary/aromatic N) is 3. The molecule has 0 radical (unpaired) electrons. The fourth-order valence-electron chi connectivity index (χ4n) is 3.37. The summed E-state index contributed by atoms with van der Waals surface area (Å²) in [4.78, 5) is 9.72. The second-order valence-electron chi connectivity index (χ2n) is 6.99. The molecular formula is C21H25N4OS2+. The van der Waals surface area contributed by atoms with Gasteiger partial charge in [0.25, 0.3) is 0 Å². The van der Waals surface area contributed by atoms with Gasteiger partial charge < -0.3 is 14.9 Å². The molecule has 7 heteroatoms. The maximum atomic E-state index is 10.4. The lowest BCUT2D eigenvalue weighted by molar-refractivity contribution is -0.903. The fraction of sp³-hybridized carbons (Fsp3) is 0.333. The van der Waals surface area contributed by atoms with Crippen LogP contribution in [0.2, 0.25) is 0 Å². The second kappa shape index (κ2) is 9.52. The standard InChI is InChI=1S/C21H24N4OS2/c26-18(16-27-19-9-5-2-6-10-19)15-24-11-13-25(14-12-24)21-22-20(23-28-21)17-7-3-1-4-8-17/h1-10,18,26H,11-16H2/p+1/t18-/m0/s1. The molecule has 0 bridgehead atoms. The summed E-state index contributed by atoms with van der Waals surface area (Å²) >= 11 is 3.20. The van der Waals surface area contributed by atoms with Crippen LogP contribution >= 0.6 is 23.3 Å². The molecule has 2 aromatic carbocycles. The van der Waals surface area contributed by atoms with Crippen molar-refractivity contribution in [1.82, 2.24) is 9.36 Å². The van der Waals surface area contributed by atoms with Crippen LogP contribution in [-0.2, 0) is 0 Å². The first kappa shape index (κ1) is 19.4. The van der Waals surface area contributed by atoms with E-state index in [1.54, 1.807) is 11.8 Å². The Morgan fingerprint density at radius 2 is 1.71 bits per heavy atom. The Morgan fingerprint density at radius 1 is 1.04 bits per heavy atom. The Hall–Kier alpha value is -1.93. The highest BCUT2D eigenvalue weighted by Crippen LogP contribution is 2.23. The Morgan fingerprint density at radius 3 is 2.43 bits per heavy atom. The molecule has 1 saturated heterocycles. The van der Waals surface area contributed by atoms with Crippen LogP contribution in [-0.4, -0.2) is 59.0 Å². The molecule has 0 amide bonds. The monoisotopic (exact) mass is 413 g/mol. The molecule has 0 aliphatic carbocycles. The van der Waals surface area contributed by atoms with Crippen LogP contribution in [0.15, 0.2) is 65.6 Å². The van der Waals surface area contributed by atoms with Crippen LogP contribution in [0.3, 0.4) is 0 Å². The van der Waals surface area contributed by atoms with Crippen molar-refractivity contribution in [2.24, 2.45) is 0 Å². The Balaban J connectivity index is 1.24. The minimum absolute atomic E-state index is 0.280. The number of piperazine rings is 1. The van der Waals surface area contributed by atoms with Crippen LogP contribution in [0.4, 0.5) is 5.13 Å². The highest BCUT2D eigenvalue weighted by molar-refractivity contribution is 7.99. The first-order valence-corrected chi connectivity index (χ1v) is 11.4. The number of hydrogen-bond acceptors (Lipinski definition) is 6. The van der Waals surface area contributed by atoms with Gasteiger partial charge in [-0.3, -0.25) is 0 Å². The number of quaternary nitrogens is 1. The van der Waals surface area contributed by atoms with E-state index in [9.17, 15) is 5.11 Å². The minimum atomic E-state index is -0.280. The molecule has 0 spiro atoms. The van der Waals surface area contributed by atoms with Crippen molar-refractivity contribution >= 4 is 28.4 Å². The molecule has 5 nitrogen and oxygen atoms in total. The van der Waals surface area contributed by atoms with E-state index in [2.05, 4.69) is 21.4 Å². The predicted octanol–water partition coefficient (Wildman–Crippen LogP) is 2.06. The lowest BCUT2D eigenvalue weighted by atomic mass is 10.2. The SMILES string of the molecule is O[C@H](CSc1ccccc1)C[NH+]1CCN(c2nc(-c3ccccc3)ns2)CC1. The van der Waals surface area contributed by atoms with Crippen molar-refractivity contribution in [1.29, 1.82) is 0 Å². The molecule has 1 aliphatic heterocycles. The largest absolute Gasteiger partial charge is 0.386 e. The predicted molar refractivity (Wildman–Crippen MR) is 116 cm³/mol. The first-order valence-electron chi connectivity index (χ1n) is 9.61. The summed E-state index contributed by atoms with van der Waals surface area (Å²) in [6, 6.07) is 20.4. The van der Waals surface area contributed by atoms with Crippen LogP contribution in [0.1, 0.15) is 0 Å². The number of aromatic nitrogens is 2. The number of benzene rings is 2. The van der Waals surface area contributed by atoms with Gasteiger partial charge in [-0.1, -0.05) is 48.5 Å². The van der Waals surface area contributed by atoms with Crippen molar-refractivity contribution in [3.05, 3.63) is 60.7 Å². The zero-order valence-corrected chi connectivity index (χ0v) is 17.3. The number of nitrogens with one attached hydrogen (secondary N) is 1. The summed E-state index contributed by atoms with van der Waals surface area (Å²) in [6.07, 6.45) is -0.280. The van der Waals surface area contributed by atoms with E-state index >= 15 is 0 Å². The van der Waals surface area contributed by atoms with Crippen molar-refractivity contribution < 1.29 is 10.0 Å². The second-order valence-corrected chi connectivity index (χ2v) is 8.81. The Bertz CT molecular complexity index is 851. The summed E-state index contributed by atoms with van der Waals surface area (Å²) in [6.45, 7) is 4.76. The number of aliphatic hydroxyl groups excluding tert-OH is 1. The molecule has 0 unspecified atom stereocenters. The van der Waals surface area contributed by atoms with E-state index in [1.165, 1.54) is 21.3 Å². The van der Waals surface area contributed by atoms with Crippen LogP contribution < -0.4 is 9.80 Å². The molecule has 28 heavy (non-hydrogen) atoms. The molecule has 3 aromatic rings. The van der Waals surface area contributed by atoms with Crippen LogP contribution in [0.25, 0.3) is 11.4 Å². The Kier molecular flexibility index (Phi) is 6.59. The highest BCUT2D eigenvalue weighted by atomic mass is 32.2.